The van der Waals surface area contributed by atoms with E-state index in [0.29, 0.717) is 24.5 Å². The van der Waals surface area contributed by atoms with Crippen LogP contribution in [0.2, 0.25) is 5.02 Å². The van der Waals surface area contributed by atoms with Gasteiger partial charge in [0.15, 0.2) is 0 Å². The van der Waals surface area contributed by atoms with Crippen molar-refractivity contribution in [1.82, 2.24) is 10.2 Å². The van der Waals surface area contributed by atoms with Crippen LogP contribution in [-0.2, 0) is 10.4 Å². The lowest BCUT2D eigenvalue weighted by atomic mass is 9.66. The van der Waals surface area contributed by atoms with Crippen molar-refractivity contribution in [3.8, 4) is 0 Å². The maximum Gasteiger partial charge on any atom is 0.243 e. The van der Waals surface area contributed by atoms with E-state index < -0.39 is 11.0 Å². The molecule has 2 rings (SSSR count). The number of carbonyl (C=O) groups is 1. The Labute approximate surface area is 149 Å². The lowest BCUT2D eigenvalue weighted by Crippen LogP contribution is -2.59. The lowest BCUT2D eigenvalue weighted by Gasteiger charge is -2.51. The van der Waals surface area contributed by atoms with E-state index in [0.717, 1.165) is 11.1 Å². The van der Waals surface area contributed by atoms with Crippen molar-refractivity contribution in [2.45, 2.75) is 38.8 Å². The Kier molecular flexibility index (Phi) is 5.43. The molecule has 2 atom stereocenters. The molecule has 0 bridgehead atoms. The molecule has 1 amide bonds. The summed E-state index contributed by atoms with van der Waals surface area (Å²) < 4.78 is 0. The van der Waals surface area contributed by atoms with Crippen LogP contribution in [0.3, 0.4) is 0 Å². The predicted octanol–water partition coefficient (Wildman–Crippen LogP) is 2.95. The summed E-state index contributed by atoms with van der Waals surface area (Å²) in [5.74, 6) is 0.0104. The van der Waals surface area contributed by atoms with E-state index in [2.05, 4.69) is 11.9 Å². The van der Waals surface area contributed by atoms with Crippen molar-refractivity contribution in [1.29, 1.82) is 0 Å². The first-order valence-electron chi connectivity index (χ1n) is 8.22. The summed E-state index contributed by atoms with van der Waals surface area (Å²) in [7, 11) is 1.76. The molecule has 4 nitrogen and oxygen atoms in total. The van der Waals surface area contributed by atoms with Gasteiger partial charge in [0, 0.05) is 23.5 Å². The van der Waals surface area contributed by atoms with E-state index in [4.69, 9.17) is 11.6 Å². The number of benzene rings is 1. The molecule has 1 saturated heterocycles. The fourth-order valence-corrected chi connectivity index (χ4v) is 3.66. The van der Waals surface area contributed by atoms with Crippen molar-refractivity contribution >= 4 is 17.5 Å². The SMILES string of the molecule is C=C(C)[C@@H](NC)C(=O)N1CC[C@](O)(c2ccc(Cl)cc2)C(C)(C)C1. The Balaban J connectivity index is 2.25. The maximum atomic E-state index is 12.8. The van der Waals surface area contributed by atoms with E-state index >= 15 is 0 Å². The van der Waals surface area contributed by atoms with Crippen LogP contribution in [0.4, 0.5) is 0 Å². The van der Waals surface area contributed by atoms with Gasteiger partial charge in [-0.2, -0.15) is 0 Å². The number of amides is 1. The van der Waals surface area contributed by atoms with Crippen LogP contribution >= 0.6 is 11.6 Å². The third kappa shape index (κ3) is 3.37. The highest BCUT2D eigenvalue weighted by Gasteiger charge is 2.50. The molecule has 0 aliphatic carbocycles. The summed E-state index contributed by atoms with van der Waals surface area (Å²) in [6.07, 6.45) is 0.486. The topological polar surface area (TPSA) is 52.6 Å². The van der Waals surface area contributed by atoms with Crippen LogP contribution < -0.4 is 5.32 Å². The molecule has 2 N–H and O–H groups in total. The molecule has 1 heterocycles. The normalized spacial score (nSPS) is 24.5. The third-order valence-corrected chi connectivity index (χ3v) is 5.36. The number of carbonyl (C=O) groups excluding carboxylic acids is 1. The van der Waals surface area contributed by atoms with Crippen LogP contribution in [0.1, 0.15) is 32.8 Å². The van der Waals surface area contributed by atoms with E-state index in [-0.39, 0.29) is 11.9 Å². The van der Waals surface area contributed by atoms with E-state index in [1.807, 2.05) is 37.8 Å². The van der Waals surface area contributed by atoms with E-state index in [1.54, 1.807) is 19.2 Å². The summed E-state index contributed by atoms with van der Waals surface area (Å²) in [4.78, 5) is 14.6. The van der Waals surface area contributed by atoms with Crippen molar-refractivity contribution in [3.63, 3.8) is 0 Å². The summed E-state index contributed by atoms with van der Waals surface area (Å²) in [6.45, 7) is 10.7. The van der Waals surface area contributed by atoms with Crippen LogP contribution in [0.15, 0.2) is 36.4 Å². The summed E-state index contributed by atoms with van der Waals surface area (Å²) in [6, 6.07) is 6.93. The smallest absolute Gasteiger partial charge is 0.243 e. The van der Waals surface area contributed by atoms with Crippen LogP contribution in [0.5, 0.6) is 0 Å². The molecule has 1 aromatic rings. The second-order valence-corrected chi connectivity index (χ2v) is 7.77. The molecule has 132 valence electrons. The Hall–Kier alpha value is -1.36. The first-order valence-corrected chi connectivity index (χ1v) is 8.60. The van der Waals surface area contributed by atoms with Gasteiger partial charge in [0.2, 0.25) is 5.91 Å². The minimum absolute atomic E-state index is 0.0104. The average Bonchev–Trinajstić information content (AvgIpc) is 2.50. The van der Waals surface area contributed by atoms with Gasteiger partial charge in [-0.15, -0.1) is 0 Å². The van der Waals surface area contributed by atoms with Crippen molar-refractivity contribution in [2.75, 3.05) is 20.1 Å². The molecular weight excluding hydrogens is 324 g/mol. The molecule has 1 aliphatic heterocycles. The van der Waals surface area contributed by atoms with Gasteiger partial charge in [0.25, 0.3) is 0 Å². The number of rotatable bonds is 4. The average molecular weight is 351 g/mol. The van der Waals surface area contributed by atoms with Gasteiger partial charge in [0.05, 0.1) is 5.60 Å². The third-order valence-electron chi connectivity index (χ3n) is 5.11. The quantitative estimate of drug-likeness (QED) is 0.821. The Morgan fingerprint density at radius 2 is 1.96 bits per heavy atom. The van der Waals surface area contributed by atoms with Gasteiger partial charge in [-0.25, -0.2) is 0 Å². The van der Waals surface area contributed by atoms with Crippen LogP contribution in [0, 0.1) is 5.41 Å². The minimum atomic E-state index is -0.993. The number of nitrogens with one attached hydrogen (secondary N) is 1. The molecule has 0 unspecified atom stereocenters. The molecule has 0 aromatic heterocycles. The number of nitrogens with zero attached hydrogens (tertiary/aromatic N) is 1. The molecule has 1 aliphatic rings. The zero-order valence-electron chi connectivity index (χ0n) is 14.9. The molecular formula is C19H27ClN2O2. The lowest BCUT2D eigenvalue weighted by molar-refractivity contribution is -0.154. The zero-order valence-corrected chi connectivity index (χ0v) is 15.7. The largest absolute Gasteiger partial charge is 0.384 e. The first-order chi connectivity index (χ1) is 11.1. The molecule has 0 radical (unpaired) electrons. The number of likely N-dealkylation sites (N-methyl/N-ethyl adjacent to an activating group) is 1. The molecule has 0 saturated carbocycles. The number of piperidine rings is 1. The molecule has 0 spiro atoms. The van der Waals surface area contributed by atoms with Gasteiger partial charge in [-0.05, 0) is 38.1 Å². The maximum absolute atomic E-state index is 12.8. The number of hydrogen-bond donors (Lipinski definition) is 2. The molecule has 1 fully saturated rings. The Morgan fingerprint density at radius 3 is 2.42 bits per heavy atom. The molecule has 5 heteroatoms. The number of hydrogen-bond acceptors (Lipinski definition) is 3. The van der Waals surface area contributed by atoms with Gasteiger partial charge in [0.1, 0.15) is 6.04 Å². The fourth-order valence-electron chi connectivity index (χ4n) is 3.53. The summed E-state index contributed by atoms with van der Waals surface area (Å²) in [5.41, 5.74) is 0.155. The first kappa shape index (κ1) is 19.0. The van der Waals surface area contributed by atoms with Crippen LogP contribution in [0.25, 0.3) is 0 Å². The van der Waals surface area contributed by atoms with E-state index in [1.165, 1.54) is 0 Å². The van der Waals surface area contributed by atoms with Gasteiger partial charge in [-0.1, -0.05) is 49.7 Å². The fraction of sp³-hybridized carbons (Fsp3) is 0.526. The Bertz CT molecular complexity index is 627. The van der Waals surface area contributed by atoms with E-state index in [9.17, 15) is 9.90 Å². The highest BCUT2D eigenvalue weighted by molar-refractivity contribution is 6.30. The monoisotopic (exact) mass is 350 g/mol. The van der Waals surface area contributed by atoms with Crippen molar-refractivity contribution in [2.24, 2.45) is 5.41 Å². The molecule has 1 aromatic carbocycles. The standard InChI is InChI=1S/C19H27ClN2O2/c1-13(2)16(21-5)17(23)22-11-10-19(24,18(3,4)12-22)14-6-8-15(20)9-7-14/h6-9,16,21,24H,1,10-12H2,2-5H3/t16-,19+/m1/s1. The number of aliphatic hydroxyl groups is 1. The predicted molar refractivity (Wildman–Crippen MR) is 98.0 cm³/mol. The highest BCUT2D eigenvalue weighted by atomic mass is 35.5. The Morgan fingerprint density at radius 1 is 1.38 bits per heavy atom. The van der Waals surface area contributed by atoms with Gasteiger partial charge in [-0.3, -0.25) is 4.79 Å². The number of halogens is 1. The zero-order chi connectivity index (χ0) is 18.1. The minimum Gasteiger partial charge on any atom is -0.384 e. The van der Waals surface area contributed by atoms with Gasteiger partial charge >= 0.3 is 0 Å². The number of likely N-dealkylation sites (tertiary alicyclic amines) is 1. The molecule has 24 heavy (non-hydrogen) atoms. The van der Waals surface area contributed by atoms with Gasteiger partial charge < -0.3 is 15.3 Å². The van der Waals surface area contributed by atoms with Crippen LogP contribution in [-0.4, -0.2) is 42.1 Å². The second-order valence-electron chi connectivity index (χ2n) is 7.33. The highest BCUT2D eigenvalue weighted by Crippen LogP contribution is 2.46. The summed E-state index contributed by atoms with van der Waals surface area (Å²) >= 11 is 5.96. The van der Waals surface area contributed by atoms with Crippen molar-refractivity contribution in [3.05, 3.63) is 47.0 Å². The second kappa shape index (κ2) is 6.87. The summed E-state index contributed by atoms with van der Waals surface area (Å²) in [5, 5.41) is 15.0. The van der Waals surface area contributed by atoms with Crippen molar-refractivity contribution < 1.29 is 9.90 Å².